The van der Waals surface area contributed by atoms with E-state index in [-0.39, 0.29) is 29.6 Å². The topological polar surface area (TPSA) is 166 Å². The van der Waals surface area contributed by atoms with Gasteiger partial charge in [-0.05, 0) is 6.92 Å². The maximum atomic E-state index is 11.0. The number of nitrogens with zero attached hydrogens (tertiary/aromatic N) is 8. The second kappa shape index (κ2) is 8.64. The number of carbonyl (C=O) groups excluding carboxylic acids is 1. The van der Waals surface area contributed by atoms with E-state index in [1.807, 2.05) is 7.05 Å². The molecule has 4 rings (SSSR count). The van der Waals surface area contributed by atoms with Gasteiger partial charge in [-0.25, -0.2) is 9.36 Å². The van der Waals surface area contributed by atoms with E-state index < -0.39 is 10.5 Å². The fourth-order valence-electron chi connectivity index (χ4n) is 2.34. The first kappa shape index (κ1) is 20.8. The molecule has 2 aliphatic rings. The maximum Gasteiger partial charge on any atom is 0.342 e. The first-order valence-corrected chi connectivity index (χ1v) is 9.35. The van der Waals surface area contributed by atoms with Gasteiger partial charge in [0.25, 0.3) is 5.95 Å². The predicted octanol–water partition coefficient (Wildman–Crippen LogP) is 0.346. The molecular weight excluding hydrogens is 420 g/mol. The van der Waals surface area contributed by atoms with Crippen molar-refractivity contribution in [2.75, 3.05) is 20.8 Å². The van der Waals surface area contributed by atoms with Crippen molar-refractivity contribution in [2.24, 2.45) is 11.4 Å². The molecule has 158 valence electrons. The van der Waals surface area contributed by atoms with Crippen molar-refractivity contribution >= 4 is 22.4 Å². The average molecular weight is 436 g/mol. The lowest BCUT2D eigenvalue weighted by atomic mass is 10.5. The maximum absolute atomic E-state index is 11.0. The zero-order valence-corrected chi connectivity index (χ0v) is 17.1. The molecule has 0 unspecified atom stereocenters. The summed E-state index contributed by atoms with van der Waals surface area (Å²) in [6.45, 7) is 2.21. The fraction of sp³-hybridized carbons (Fsp3) is 0.333. The molecule has 0 N–H and O–H groups in total. The van der Waals surface area contributed by atoms with Crippen molar-refractivity contribution in [3.63, 3.8) is 0 Å². The zero-order chi connectivity index (χ0) is 21.8. The molecule has 0 atom stereocenters. The lowest BCUT2D eigenvalue weighted by Gasteiger charge is -2.06. The summed E-state index contributed by atoms with van der Waals surface area (Å²) in [5.41, 5.74) is 2.43. The molecule has 1 aliphatic heterocycles. The van der Waals surface area contributed by atoms with Gasteiger partial charge >= 0.3 is 16.5 Å². The third kappa shape index (κ3) is 4.24. The summed E-state index contributed by atoms with van der Waals surface area (Å²) in [6, 6.07) is 1.47. The average Bonchev–Trinajstić information content (AvgIpc) is 3.10. The van der Waals surface area contributed by atoms with Crippen LogP contribution in [0.5, 0.6) is 11.8 Å². The Balaban J connectivity index is 0.000000196. The van der Waals surface area contributed by atoms with Crippen molar-refractivity contribution in [1.82, 2.24) is 34.5 Å². The van der Waals surface area contributed by atoms with Gasteiger partial charge < -0.3 is 14.2 Å². The second-order valence-corrected chi connectivity index (χ2v) is 6.10. The lowest BCUT2D eigenvalue weighted by Crippen LogP contribution is -2.03. The number of esters is 1. The molecule has 0 aromatic carbocycles. The van der Waals surface area contributed by atoms with Crippen molar-refractivity contribution in [2.45, 2.75) is 6.92 Å². The number of carbonyl (C=O) groups is 1. The minimum absolute atomic E-state index is 0.0744. The Hall–Kier alpha value is -3.88. The zero-order valence-electron chi connectivity index (χ0n) is 16.3. The van der Waals surface area contributed by atoms with E-state index in [4.69, 9.17) is 14.2 Å². The highest BCUT2D eigenvalue weighted by Gasteiger charge is 2.39. The van der Waals surface area contributed by atoms with Crippen molar-refractivity contribution in [3.05, 3.63) is 18.0 Å². The van der Waals surface area contributed by atoms with Gasteiger partial charge in [0.15, 0.2) is 0 Å². The van der Waals surface area contributed by atoms with E-state index in [2.05, 4.69) is 29.6 Å². The summed E-state index contributed by atoms with van der Waals surface area (Å²) >= 11 is 0. The summed E-state index contributed by atoms with van der Waals surface area (Å²) < 4.78 is 42.0. The molecule has 14 nitrogen and oxygen atoms in total. The van der Waals surface area contributed by atoms with E-state index in [9.17, 15) is 13.2 Å². The smallest absolute Gasteiger partial charge is 0.342 e. The van der Waals surface area contributed by atoms with E-state index in [1.165, 1.54) is 31.2 Å². The molecule has 0 fully saturated rings. The van der Waals surface area contributed by atoms with Crippen LogP contribution in [0.3, 0.4) is 0 Å². The van der Waals surface area contributed by atoms with Crippen LogP contribution in [0.4, 0.5) is 5.95 Å². The number of fused-ring (bicyclic) bond motifs is 1. The van der Waals surface area contributed by atoms with Crippen molar-refractivity contribution in [1.29, 1.82) is 0 Å². The molecule has 30 heavy (non-hydrogen) atoms. The number of rotatable bonds is 6. The third-order valence-corrected chi connectivity index (χ3v) is 3.99. The highest BCUT2D eigenvalue weighted by Crippen LogP contribution is 2.42. The molecule has 0 saturated heterocycles. The largest absolute Gasteiger partial charge is 0.481 e. The fourth-order valence-corrected chi connectivity index (χ4v) is 2.60. The van der Waals surface area contributed by atoms with Gasteiger partial charge in [-0.1, -0.05) is 4.36 Å². The highest BCUT2D eigenvalue weighted by atomic mass is 32.2. The first-order chi connectivity index (χ1) is 14.4. The number of ether oxygens (including phenoxy) is 3. The minimum Gasteiger partial charge on any atom is -0.481 e. The van der Waals surface area contributed by atoms with Crippen molar-refractivity contribution in [3.8, 4) is 29.1 Å². The van der Waals surface area contributed by atoms with E-state index in [0.29, 0.717) is 12.2 Å². The summed E-state index contributed by atoms with van der Waals surface area (Å²) in [6.07, 6.45) is 1.22. The van der Waals surface area contributed by atoms with Crippen LogP contribution < -0.4 is 9.47 Å². The Morgan fingerprint density at radius 2 is 1.87 bits per heavy atom. The Kier molecular flexibility index (Phi) is 6.01. The van der Waals surface area contributed by atoms with Gasteiger partial charge in [-0.15, -0.1) is 10.2 Å². The van der Waals surface area contributed by atoms with Crippen LogP contribution in [0.25, 0.3) is 17.3 Å². The van der Waals surface area contributed by atoms with Gasteiger partial charge in [0.1, 0.15) is 23.3 Å². The SMILES string of the molecule is CCOC(=O)c1c2nn(C)c1-2.COc1cc(OC)nc(-n2cnnc2N=S(=O)=O)n1. The lowest BCUT2D eigenvalue weighted by molar-refractivity contribution is 0.0533. The molecule has 3 heterocycles. The Labute approximate surface area is 171 Å². The third-order valence-electron chi connectivity index (χ3n) is 3.68. The summed E-state index contributed by atoms with van der Waals surface area (Å²) in [7, 11) is 2.00. The van der Waals surface area contributed by atoms with Gasteiger partial charge in [0, 0.05) is 7.05 Å². The number of hydrogen-bond donors (Lipinski definition) is 0. The van der Waals surface area contributed by atoms with Gasteiger partial charge in [-0.2, -0.15) is 23.5 Å². The molecule has 2 aromatic heterocycles. The normalized spacial score (nSPS) is 10.5. The first-order valence-electron chi connectivity index (χ1n) is 8.32. The summed E-state index contributed by atoms with van der Waals surface area (Å²) in [5, 5.41) is 11.0. The van der Waals surface area contributed by atoms with Gasteiger partial charge in [0.2, 0.25) is 17.7 Å². The van der Waals surface area contributed by atoms with E-state index >= 15 is 0 Å². The molecule has 0 amide bonds. The Morgan fingerprint density at radius 1 is 1.20 bits per heavy atom. The van der Waals surface area contributed by atoms with Gasteiger partial charge in [0.05, 0.1) is 26.9 Å². The molecule has 0 spiro atoms. The van der Waals surface area contributed by atoms with Crippen LogP contribution >= 0.6 is 0 Å². The van der Waals surface area contributed by atoms with Crippen LogP contribution in [-0.2, 0) is 22.3 Å². The quantitative estimate of drug-likeness (QED) is 0.383. The number of aryl methyl sites for hydroxylation is 1. The standard InChI is InChI=1S/C8H8N6O4S.C7H8N2O2/c1-17-5-3-6(18-2)11-7(10-5)14-4-9-12-8(14)13-19(15)16;1-3-11-7(10)4-5-6(4)9(2)8-5/h3-4H,1-2H3;3H2,1-2H3. The molecule has 0 saturated carbocycles. The van der Waals surface area contributed by atoms with Crippen molar-refractivity contribution < 1.29 is 27.4 Å². The van der Waals surface area contributed by atoms with Gasteiger partial charge in [-0.3, -0.25) is 4.68 Å². The number of hydrogen-bond acceptors (Lipinski definition) is 12. The van der Waals surface area contributed by atoms with Crippen LogP contribution in [0.15, 0.2) is 16.8 Å². The number of aromatic nitrogens is 7. The summed E-state index contributed by atoms with van der Waals surface area (Å²) in [5.74, 6) is 0.133. The second-order valence-electron chi connectivity index (χ2n) is 5.48. The monoisotopic (exact) mass is 436 g/mol. The number of methoxy groups -OCH3 is 2. The van der Waals surface area contributed by atoms with Crippen LogP contribution in [0, 0.1) is 0 Å². The molecular formula is C15H16N8O6S. The predicted molar refractivity (Wildman–Crippen MR) is 99.2 cm³/mol. The van der Waals surface area contributed by atoms with Crippen LogP contribution in [-0.4, -0.2) is 69.7 Å². The van der Waals surface area contributed by atoms with Crippen LogP contribution in [0.2, 0.25) is 0 Å². The van der Waals surface area contributed by atoms with Crippen LogP contribution in [0.1, 0.15) is 17.3 Å². The Bertz CT molecular complexity index is 1200. The molecule has 1 aliphatic carbocycles. The molecule has 0 bridgehead atoms. The summed E-state index contributed by atoms with van der Waals surface area (Å²) in [4.78, 5) is 19.1. The highest BCUT2D eigenvalue weighted by molar-refractivity contribution is 7.61. The van der Waals surface area contributed by atoms with E-state index in [0.717, 1.165) is 11.4 Å². The minimum atomic E-state index is -2.66. The molecule has 2 aromatic rings. The molecule has 15 heteroatoms. The Morgan fingerprint density at radius 3 is 2.33 bits per heavy atom. The van der Waals surface area contributed by atoms with E-state index in [1.54, 1.807) is 11.6 Å². The molecule has 0 radical (unpaired) electrons.